The van der Waals surface area contributed by atoms with Gasteiger partial charge in [0.15, 0.2) is 6.10 Å². The van der Waals surface area contributed by atoms with Crippen molar-refractivity contribution in [2.24, 2.45) is 29.4 Å². The van der Waals surface area contributed by atoms with Crippen molar-refractivity contribution in [3.63, 3.8) is 0 Å². The zero-order valence-electron chi connectivity index (χ0n) is 24.2. The molecule has 1 aromatic rings. The molecule has 2 rings (SSSR count). The number of rotatable bonds is 3. The van der Waals surface area contributed by atoms with Crippen LogP contribution in [0.4, 0.5) is 10.5 Å². The molecule has 0 fully saturated rings. The van der Waals surface area contributed by atoms with E-state index in [1.54, 1.807) is 32.3 Å². The highest BCUT2D eigenvalue weighted by Crippen LogP contribution is 2.42. The van der Waals surface area contributed by atoms with Gasteiger partial charge in [0.1, 0.15) is 17.6 Å². The van der Waals surface area contributed by atoms with Crippen LogP contribution in [-0.4, -0.2) is 48.6 Å². The second kappa shape index (κ2) is 14.2. The van der Waals surface area contributed by atoms with Crippen LogP contribution in [0.2, 0.25) is 0 Å². The van der Waals surface area contributed by atoms with E-state index in [9.17, 15) is 19.8 Å². The molecule has 1 aliphatic rings. The number of hydrogen-bond donors (Lipinski definition) is 4. The highest BCUT2D eigenvalue weighted by molar-refractivity contribution is 6.04. The number of benzene rings is 1. The van der Waals surface area contributed by atoms with Crippen LogP contribution in [0.25, 0.3) is 0 Å². The molecule has 1 aliphatic heterocycles. The highest BCUT2D eigenvalue weighted by Gasteiger charge is 2.30. The first-order valence-corrected chi connectivity index (χ1v) is 13.2. The fourth-order valence-corrected chi connectivity index (χ4v) is 5.18. The number of phenolic OH excluding ortho intramolecular Hbond substituents is 2. The van der Waals surface area contributed by atoms with Gasteiger partial charge in [0.05, 0.1) is 11.8 Å². The van der Waals surface area contributed by atoms with Gasteiger partial charge in [0.25, 0.3) is 5.91 Å². The van der Waals surface area contributed by atoms with Crippen molar-refractivity contribution in [1.29, 1.82) is 0 Å². The summed E-state index contributed by atoms with van der Waals surface area (Å²) < 4.78 is 16.9. The third-order valence-electron chi connectivity index (χ3n) is 7.71. The van der Waals surface area contributed by atoms with Gasteiger partial charge in [-0.25, -0.2) is 4.79 Å². The van der Waals surface area contributed by atoms with Crippen molar-refractivity contribution >= 4 is 17.7 Å². The van der Waals surface area contributed by atoms with Crippen molar-refractivity contribution in [2.45, 2.75) is 66.3 Å². The van der Waals surface area contributed by atoms with E-state index in [-0.39, 0.29) is 40.9 Å². The fraction of sp³-hybridized carbons (Fsp3) is 0.533. The lowest BCUT2D eigenvalue weighted by atomic mass is 9.77. The van der Waals surface area contributed by atoms with Gasteiger partial charge in [0.2, 0.25) is 0 Å². The second-order valence-electron chi connectivity index (χ2n) is 10.7. The topological polar surface area (TPSA) is 140 Å². The molecule has 5 N–H and O–H groups in total. The molecule has 0 saturated carbocycles. The number of amides is 2. The van der Waals surface area contributed by atoms with E-state index < -0.39 is 30.3 Å². The fourth-order valence-electron chi connectivity index (χ4n) is 5.18. The summed E-state index contributed by atoms with van der Waals surface area (Å²) in [5.74, 6) is -0.141. The summed E-state index contributed by atoms with van der Waals surface area (Å²) in [5, 5.41) is 24.1. The molecule has 1 aromatic carbocycles. The van der Waals surface area contributed by atoms with Gasteiger partial charge in [-0.3, -0.25) is 4.79 Å². The molecule has 0 aromatic heterocycles. The number of phenols is 2. The number of primary amides is 1. The SMILES string of the molecule is CO[C@H]1/C=C\C=C(/C)C(=O)Nc2cc(O)cc(c2O)[C@H](OC)[C@@H](C)C[C@H](C)[C@H](C)[C@@H](C)/C=C(\C)[C@@H]1OC(N)=O. The Labute approximate surface area is 231 Å². The number of hydrogen-bond acceptors (Lipinski definition) is 7. The summed E-state index contributed by atoms with van der Waals surface area (Å²) in [6, 6.07) is 2.77. The maximum absolute atomic E-state index is 12.9. The Kier molecular flexibility index (Phi) is 11.6. The number of ether oxygens (including phenoxy) is 3. The lowest BCUT2D eigenvalue weighted by Gasteiger charge is -2.31. The van der Waals surface area contributed by atoms with Crippen LogP contribution in [0.3, 0.4) is 0 Å². The van der Waals surface area contributed by atoms with E-state index >= 15 is 0 Å². The minimum atomic E-state index is -0.911. The Morgan fingerprint density at radius 2 is 1.69 bits per heavy atom. The van der Waals surface area contributed by atoms with Gasteiger partial charge in [-0.2, -0.15) is 0 Å². The number of anilines is 1. The molecule has 0 radical (unpaired) electrons. The van der Waals surface area contributed by atoms with Crippen LogP contribution < -0.4 is 11.1 Å². The third kappa shape index (κ3) is 8.34. The van der Waals surface area contributed by atoms with Crippen LogP contribution in [-0.2, 0) is 19.0 Å². The molecule has 2 amide bonds. The number of nitrogens with one attached hydrogen (secondary N) is 1. The van der Waals surface area contributed by atoms with E-state index in [1.165, 1.54) is 19.2 Å². The van der Waals surface area contributed by atoms with E-state index in [4.69, 9.17) is 19.9 Å². The summed E-state index contributed by atoms with van der Waals surface area (Å²) in [5.41, 5.74) is 6.99. The summed E-state index contributed by atoms with van der Waals surface area (Å²) >= 11 is 0. The van der Waals surface area contributed by atoms with Crippen LogP contribution in [0.5, 0.6) is 11.5 Å². The average molecular weight is 545 g/mol. The first kappa shape index (κ1) is 31.9. The van der Waals surface area contributed by atoms with Crippen molar-refractivity contribution in [2.75, 3.05) is 19.5 Å². The number of methoxy groups -OCH3 is 2. The molecule has 39 heavy (non-hydrogen) atoms. The van der Waals surface area contributed by atoms with Gasteiger partial charge < -0.3 is 35.5 Å². The lowest BCUT2D eigenvalue weighted by Crippen LogP contribution is -2.35. The number of fused-ring (bicyclic) bond motifs is 2. The maximum Gasteiger partial charge on any atom is 0.405 e. The van der Waals surface area contributed by atoms with E-state index in [0.717, 1.165) is 12.0 Å². The molecular weight excluding hydrogens is 500 g/mol. The summed E-state index contributed by atoms with van der Waals surface area (Å²) in [7, 11) is 3.06. The molecule has 216 valence electrons. The van der Waals surface area contributed by atoms with Crippen LogP contribution in [0.1, 0.15) is 59.6 Å². The van der Waals surface area contributed by atoms with E-state index in [2.05, 4.69) is 32.2 Å². The van der Waals surface area contributed by atoms with E-state index in [1.807, 2.05) is 13.8 Å². The summed E-state index contributed by atoms with van der Waals surface area (Å²) in [4.78, 5) is 24.6. The largest absolute Gasteiger partial charge is 0.508 e. The first-order valence-electron chi connectivity index (χ1n) is 13.2. The number of nitrogens with two attached hydrogens (primary N) is 1. The second-order valence-corrected chi connectivity index (χ2v) is 10.7. The molecule has 9 heteroatoms. The molecule has 0 unspecified atom stereocenters. The minimum Gasteiger partial charge on any atom is -0.508 e. The van der Waals surface area contributed by atoms with Crippen LogP contribution in [0, 0.1) is 23.7 Å². The highest BCUT2D eigenvalue weighted by atomic mass is 16.6. The van der Waals surface area contributed by atoms with Gasteiger partial charge in [-0.05, 0) is 55.6 Å². The van der Waals surface area contributed by atoms with Gasteiger partial charge in [0, 0.05) is 31.4 Å². The van der Waals surface area contributed by atoms with E-state index in [0.29, 0.717) is 11.1 Å². The lowest BCUT2D eigenvalue weighted by molar-refractivity contribution is -0.112. The Balaban J connectivity index is 2.63. The van der Waals surface area contributed by atoms with Crippen LogP contribution in [0.15, 0.2) is 47.6 Å². The number of carbonyl (C=O) groups is 2. The minimum absolute atomic E-state index is 0.0299. The van der Waals surface area contributed by atoms with Crippen molar-refractivity contribution in [3.05, 3.63) is 53.1 Å². The zero-order valence-corrected chi connectivity index (χ0v) is 24.2. The van der Waals surface area contributed by atoms with Crippen molar-refractivity contribution in [3.8, 4) is 11.5 Å². The Hall–Kier alpha value is -3.30. The molecular formula is C30H44N2O7. The predicted octanol–water partition coefficient (Wildman–Crippen LogP) is 5.60. The Morgan fingerprint density at radius 3 is 2.28 bits per heavy atom. The number of allylic oxidation sites excluding steroid dienone is 3. The smallest absolute Gasteiger partial charge is 0.405 e. The quantitative estimate of drug-likeness (QED) is 0.221. The predicted molar refractivity (Wildman–Crippen MR) is 151 cm³/mol. The standard InChI is InChI=1S/C30H44N2O7/c1-16-10-9-11-25(37-7)28(39-30(31)36)20(5)13-18(3)21(6)17(2)12-19(4)27(38-8)23-14-22(33)15-24(26(23)34)32-29(16)35/h9-11,13-15,17-19,21,25,27-28,33-34H,12H2,1-8H3,(H2,31,36)(H,32,35)/b11-9-,16-10+,20-13+/t17-,18-,19-,21-,25-,27+,28-/m0/s1. The number of aromatic hydroxyl groups is 2. The molecule has 9 nitrogen and oxygen atoms in total. The number of carbonyl (C=O) groups excluding carboxylic acids is 2. The first-order chi connectivity index (χ1) is 18.3. The maximum atomic E-state index is 12.9. The summed E-state index contributed by atoms with van der Waals surface area (Å²) in [6.07, 6.45) is 4.89. The Morgan fingerprint density at radius 1 is 1.03 bits per heavy atom. The third-order valence-corrected chi connectivity index (χ3v) is 7.71. The van der Waals surface area contributed by atoms with Gasteiger partial charge in [-0.1, -0.05) is 52.0 Å². The van der Waals surface area contributed by atoms with Gasteiger partial charge in [-0.15, -0.1) is 0 Å². The molecule has 2 bridgehead atoms. The molecule has 1 heterocycles. The monoisotopic (exact) mass is 544 g/mol. The normalized spacial score (nSPS) is 32.7. The zero-order chi connectivity index (χ0) is 29.4. The Bertz CT molecular complexity index is 1110. The van der Waals surface area contributed by atoms with Gasteiger partial charge >= 0.3 is 6.09 Å². The van der Waals surface area contributed by atoms with Crippen LogP contribution >= 0.6 is 0 Å². The molecule has 0 aliphatic carbocycles. The molecule has 7 atom stereocenters. The average Bonchev–Trinajstić information content (AvgIpc) is 2.86. The molecule has 0 saturated heterocycles. The van der Waals surface area contributed by atoms with Crippen molar-refractivity contribution in [1.82, 2.24) is 0 Å². The van der Waals surface area contributed by atoms with Crippen molar-refractivity contribution < 1.29 is 34.0 Å². The molecule has 0 spiro atoms. The summed E-state index contributed by atoms with van der Waals surface area (Å²) in [6.45, 7) is 12.0.